The summed E-state index contributed by atoms with van der Waals surface area (Å²) in [5, 5.41) is 8.79. The van der Waals surface area contributed by atoms with Gasteiger partial charge in [-0.3, -0.25) is 4.90 Å². The minimum absolute atomic E-state index is 0.0256. The Balaban J connectivity index is 1.74. The molecule has 0 aromatic heterocycles. The largest absolute Gasteiger partial charge is 0.478 e. The summed E-state index contributed by atoms with van der Waals surface area (Å²) in [6.45, 7) is 3.51. The second kappa shape index (κ2) is 7.87. The molecule has 0 spiro atoms. The van der Waals surface area contributed by atoms with Gasteiger partial charge in [0.15, 0.2) is 6.10 Å². The maximum atomic E-state index is 12.6. The molecular formula is C15H18Cl2N2O6S. The first-order valence-electron chi connectivity index (χ1n) is 7.99. The van der Waals surface area contributed by atoms with E-state index < -0.39 is 22.1 Å². The summed E-state index contributed by atoms with van der Waals surface area (Å²) in [6, 6.07) is 1.32. The molecule has 11 heteroatoms. The van der Waals surface area contributed by atoms with Crippen molar-refractivity contribution in [3.8, 4) is 5.75 Å². The van der Waals surface area contributed by atoms with Crippen molar-refractivity contribution in [1.82, 2.24) is 9.62 Å². The number of ether oxygens (including phenoxy) is 2. The third-order valence-corrected chi connectivity index (χ3v) is 6.71. The Bertz CT molecular complexity index is 811. The summed E-state index contributed by atoms with van der Waals surface area (Å²) < 4.78 is 38.2. The van der Waals surface area contributed by atoms with Crippen molar-refractivity contribution in [2.45, 2.75) is 17.4 Å². The molecule has 1 unspecified atom stereocenters. The first kappa shape index (κ1) is 19.7. The van der Waals surface area contributed by atoms with Gasteiger partial charge in [-0.15, -0.1) is 0 Å². The number of carboxylic acids is 1. The molecule has 26 heavy (non-hydrogen) atoms. The Morgan fingerprint density at radius 2 is 2.00 bits per heavy atom. The lowest BCUT2D eigenvalue weighted by atomic mass is 10.1. The van der Waals surface area contributed by atoms with Crippen molar-refractivity contribution in [2.75, 3.05) is 39.4 Å². The molecule has 2 aliphatic heterocycles. The van der Waals surface area contributed by atoms with E-state index in [1.54, 1.807) is 0 Å². The van der Waals surface area contributed by atoms with Crippen LogP contribution in [0.15, 0.2) is 11.0 Å². The number of halogens is 2. The van der Waals surface area contributed by atoms with E-state index in [9.17, 15) is 13.2 Å². The molecule has 2 heterocycles. The Morgan fingerprint density at radius 1 is 1.31 bits per heavy atom. The molecule has 1 atom stereocenters. The Labute approximate surface area is 161 Å². The van der Waals surface area contributed by atoms with Gasteiger partial charge in [-0.25, -0.2) is 17.9 Å². The number of hydrogen-bond acceptors (Lipinski definition) is 6. The SMILES string of the molecule is O=C(O)C1Cc2cc(S(=O)(=O)NCCN3CCOCC3)c(Cl)c(Cl)c2O1. The molecule has 2 N–H and O–H groups in total. The van der Waals surface area contributed by atoms with Crippen molar-refractivity contribution in [3.05, 3.63) is 21.7 Å². The molecule has 1 aromatic carbocycles. The number of sulfonamides is 1. The second-order valence-electron chi connectivity index (χ2n) is 5.99. The van der Waals surface area contributed by atoms with E-state index in [1.807, 2.05) is 0 Å². The van der Waals surface area contributed by atoms with E-state index in [4.69, 9.17) is 37.8 Å². The highest BCUT2D eigenvalue weighted by molar-refractivity contribution is 7.89. The van der Waals surface area contributed by atoms with E-state index >= 15 is 0 Å². The van der Waals surface area contributed by atoms with Gasteiger partial charge in [0.1, 0.15) is 15.7 Å². The van der Waals surface area contributed by atoms with Gasteiger partial charge in [0.25, 0.3) is 0 Å². The highest BCUT2D eigenvalue weighted by Gasteiger charge is 2.34. The van der Waals surface area contributed by atoms with Gasteiger partial charge >= 0.3 is 5.97 Å². The number of morpholine rings is 1. The summed E-state index contributed by atoms with van der Waals surface area (Å²) in [5.41, 5.74) is 0.403. The lowest BCUT2D eigenvalue weighted by molar-refractivity contribution is -0.144. The highest BCUT2D eigenvalue weighted by atomic mass is 35.5. The number of benzene rings is 1. The van der Waals surface area contributed by atoms with Crippen molar-refractivity contribution in [2.24, 2.45) is 0 Å². The van der Waals surface area contributed by atoms with Crippen molar-refractivity contribution in [3.63, 3.8) is 0 Å². The average Bonchev–Trinajstić information content (AvgIpc) is 3.03. The van der Waals surface area contributed by atoms with E-state index in [-0.39, 0.29) is 33.7 Å². The minimum atomic E-state index is -3.90. The molecule has 0 radical (unpaired) electrons. The van der Waals surface area contributed by atoms with Gasteiger partial charge in [-0.2, -0.15) is 0 Å². The number of carboxylic acid groups (broad SMARTS) is 1. The van der Waals surface area contributed by atoms with Crippen LogP contribution in [0.2, 0.25) is 10.0 Å². The van der Waals surface area contributed by atoms with Gasteiger partial charge in [0.05, 0.1) is 18.2 Å². The Kier molecular flexibility index (Phi) is 5.95. The zero-order valence-corrected chi connectivity index (χ0v) is 16.0. The molecule has 0 bridgehead atoms. The summed E-state index contributed by atoms with van der Waals surface area (Å²) in [7, 11) is -3.90. The van der Waals surface area contributed by atoms with E-state index in [2.05, 4.69) is 9.62 Å². The fraction of sp³-hybridized carbons (Fsp3) is 0.533. The minimum Gasteiger partial charge on any atom is -0.478 e. The number of fused-ring (bicyclic) bond motifs is 1. The van der Waals surface area contributed by atoms with Gasteiger partial charge in [0, 0.05) is 38.2 Å². The van der Waals surface area contributed by atoms with E-state index in [0.717, 1.165) is 13.1 Å². The second-order valence-corrected chi connectivity index (χ2v) is 8.48. The number of carbonyl (C=O) groups is 1. The molecule has 1 fully saturated rings. The van der Waals surface area contributed by atoms with Crippen LogP contribution in [0.1, 0.15) is 5.56 Å². The number of nitrogens with one attached hydrogen (secondary N) is 1. The molecule has 0 aliphatic carbocycles. The number of nitrogens with zero attached hydrogens (tertiary/aromatic N) is 1. The smallest absolute Gasteiger partial charge is 0.345 e. The standard InChI is InChI=1S/C15H18Cl2N2O6S/c16-12-11(8-9-7-10(15(20)21)25-14(9)13(12)17)26(22,23)18-1-2-19-3-5-24-6-4-19/h8,10,18H,1-7H2,(H,20,21). The molecule has 0 amide bonds. The first-order valence-corrected chi connectivity index (χ1v) is 10.2. The van der Waals surface area contributed by atoms with Crippen LogP contribution in [0.3, 0.4) is 0 Å². The van der Waals surface area contributed by atoms with Gasteiger partial charge in [-0.05, 0) is 6.07 Å². The van der Waals surface area contributed by atoms with Crippen LogP contribution < -0.4 is 9.46 Å². The molecule has 8 nitrogen and oxygen atoms in total. The fourth-order valence-electron chi connectivity index (χ4n) is 2.87. The van der Waals surface area contributed by atoms with Crippen LogP contribution >= 0.6 is 23.2 Å². The summed E-state index contributed by atoms with van der Waals surface area (Å²) >= 11 is 12.2. The number of aliphatic carboxylic acids is 1. The predicted octanol–water partition coefficient (Wildman–Crippen LogP) is 0.992. The summed E-state index contributed by atoms with van der Waals surface area (Å²) in [4.78, 5) is 13.0. The molecular weight excluding hydrogens is 407 g/mol. The average molecular weight is 425 g/mol. The van der Waals surface area contributed by atoms with Gasteiger partial charge < -0.3 is 14.6 Å². The monoisotopic (exact) mass is 424 g/mol. The van der Waals surface area contributed by atoms with Gasteiger partial charge in [0.2, 0.25) is 10.0 Å². The Morgan fingerprint density at radius 3 is 2.65 bits per heavy atom. The predicted molar refractivity (Wildman–Crippen MR) is 94.7 cm³/mol. The zero-order valence-electron chi connectivity index (χ0n) is 13.7. The molecule has 1 saturated heterocycles. The van der Waals surface area contributed by atoms with Crippen LogP contribution in [-0.4, -0.2) is 69.9 Å². The lowest BCUT2D eigenvalue weighted by Gasteiger charge is -2.26. The van der Waals surface area contributed by atoms with Crippen LogP contribution in [-0.2, 0) is 26.0 Å². The lowest BCUT2D eigenvalue weighted by Crippen LogP contribution is -2.41. The first-order chi connectivity index (χ1) is 12.3. The van der Waals surface area contributed by atoms with Crippen LogP contribution in [0.4, 0.5) is 0 Å². The maximum Gasteiger partial charge on any atom is 0.345 e. The molecule has 3 rings (SSSR count). The summed E-state index contributed by atoms with van der Waals surface area (Å²) in [6.07, 6.45) is -1.08. The van der Waals surface area contributed by atoms with Crippen molar-refractivity contribution >= 4 is 39.2 Å². The van der Waals surface area contributed by atoms with Crippen LogP contribution in [0.25, 0.3) is 0 Å². The Hall–Kier alpha value is -1.10. The van der Waals surface area contributed by atoms with Gasteiger partial charge in [-0.1, -0.05) is 23.2 Å². The molecule has 1 aromatic rings. The third-order valence-electron chi connectivity index (χ3n) is 4.26. The molecule has 0 saturated carbocycles. The molecule has 2 aliphatic rings. The normalized spacial score (nSPS) is 20.6. The van der Waals surface area contributed by atoms with E-state index in [1.165, 1.54) is 6.07 Å². The van der Waals surface area contributed by atoms with Crippen molar-refractivity contribution < 1.29 is 27.8 Å². The van der Waals surface area contributed by atoms with Crippen molar-refractivity contribution in [1.29, 1.82) is 0 Å². The van der Waals surface area contributed by atoms with E-state index in [0.29, 0.717) is 25.3 Å². The maximum absolute atomic E-state index is 12.6. The number of hydrogen-bond donors (Lipinski definition) is 2. The zero-order chi connectivity index (χ0) is 18.9. The quantitative estimate of drug-likeness (QED) is 0.701. The number of rotatable bonds is 6. The third kappa shape index (κ3) is 4.08. The topological polar surface area (TPSA) is 105 Å². The highest BCUT2D eigenvalue weighted by Crippen LogP contribution is 2.43. The van der Waals surface area contributed by atoms with Crippen LogP contribution in [0, 0.1) is 0 Å². The summed E-state index contributed by atoms with van der Waals surface area (Å²) in [5.74, 6) is -1.03. The fourth-order valence-corrected chi connectivity index (χ4v) is 4.79. The van der Waals surface area contributed by atoms with Crippen LogP contribution in [0.5, 0.6) is 5.75 Å². The molecule has 144 valence electrons.